The monoisotopic (exact) mass is 252 g/mol. The molecule has 1 fully saturated rings. The summed E-state index contributed by atoms with van der Waals surface area (Å²) in [5.74, 6) is 0. The summed E-state index contributed by atoms with van der Waals surface area (Å²) in [4.78, 5) is 4.47. The highest BCUT2D eigenvalue weighted by atomic mass is 32.1. The van der Waals surface area contributed by atoms with Gasteiger partial charge in [0, 0.05) is 18.0 Å². The van der Waals surface area contributed by atoms with E-state index in [4.69, 9.17) is 0 Å². The predicted octanol–water partition coefficient (Wildman–Crippen LogP) is 3.63. The molecule has 0 bridgehead atoms. The van der Waals surface area contributed by atoms with Gasteiger partial charge in [0.15, 0.2) is 0 Å². The van der Waals surface area contributed by atoms with E-state index in [9.17, 15) is 0 Å². The summed E-state index contributed by atoms with van der Waals surface area (Å²) in [5, 5.41) is 5.86. The first-order valence-corrected chi connectivity index (χ1v) is 7.75. The standard InChI is InChI=1S/C14H24N2S/c1-12(2)15-10-14(6-4-3-5-7-14)8-13-9-17-11-16-13/h9,11-12,15H,3-8,10H2,1-2H3. The summed E-state index contributed by atoms with van der Waals surface area (Å²) in [5.41, 5.74) is 3.72. The van der Waals surface area contributed by atoms with Crippen LogP contribution in [0.3, 0.4) is 0 Å². The van der Waals surface area contributed by atoms with E-state index >= 15 is 0 Å². The molecule has 1 saturated carbocycles. The van der Waals surface area contributed by atoms with Gasteiger partial charge in [0.25, 0.3) is 0 Å². The number of nitrogens with zero attached hydrogens (tertiary/aromatic N) is 1. The maximum atomic E-state index is 4.47. The molecule has 1 aromatic rings. The minimum Gasteiger partial charge on any atom is -0.314 e. The van der Waals surface area contributed by atoms with Crippen LogP contribution in [-0.2, 0) is 6.42 Å². The van der Waals surface area contributed by atoms with E-state index in [2.05, 4.69) is 29.5 Å². The van der Waals surface area contributed by atoms with Gasteiger partial charge in [0.1, 0.15) is 0 Å². The van der Waals surface area contributed by atoms with Gasteiger partial charge in [-0.15, -0.1) is 11.3 Å². The molecule has 0 aliphatic heterocycles. The number of thiazole rings is 1. The van der Waals surface area contributed by atoms with Gasteiger partial charge in [0.05, 0.1) is 11.2 Å². The third-order valence-electron chi connectivity index (χ3n) is 3.84. The zero-order valence-corrected chi connectivity index (χ0v) is 11.9. The first-order chi connectivity index (χ1) is 8.20. The van der Waals surface area contributed by atoms with E-state index in [1.54, 1.807) is 11.3 Å². The van der Waals surface area contributed by atoms with Crippen LogP contribution in [0.25, 0.3) is 0 Å². The molecule has 3 heteroatoms. The van der Waals surface area contributed by atoms with Gasteiger partial charge in [0.2, 0.25) is 0 Å². The molecule has 0 saturated heterocycles. The Bertz CT molecular complexity index is 313. The van der Waals surface area contributed by atoms with E-state index in [1.165, 1.54) is 37.8 Å². The molecule has 2 rings (SSSR count). The highest BCUT2D eigenvalue weighted by Gasteiger charge is 2.32. The zero-order chi connectivity index (χ0) is 12.1. The van der Waals surface area contributed by atoms with Crippen molar-refractivity contribution >= 4 is 11.3 Å². The Morgan fingerprint density at radius 2 is 2.12 bits per heavy atom. The third kappa shape index (κ3) is 3.78. The summed E-state index contributed by atoms with van der Waals surface area (Å²) >= 11 is 1.72. The summed E-state index contributed by atoms with van der Waals surface area (Å²) < 4.78 is 0. The van der Waals surface area contributed by atoms with Gasteiger partial charge in [-0.05, 0) is 24.7 Å². The van der Waals surface area contributed by atoms with Gasteiger partial charge in [-0.3, -0.25) is 0 Å². The number of rotatable bonds is 5. The van der Waals surface area contributed by atoms with Crippen molar-refractivity contribution in [3.05, 3.63) is 16.6 Å². The normalized spacial score (nSPS) is 19.7. The lowest BCUT2D eigenvalue weighted by molar-refractivity contribution is 0.175. The minimum absolute atomic E-state index is 0.469. The van der Waals surface area contributed by atoms with Crippen molar-refractivity contribution < 1.29 is 0 Å². The van der Waals surface area contributed by atoms with Crippen molar-refractivity contribution in [2.24, 2.45) is 5.41 Å². The molecule has 0 spiro atoms. The quantitative estimate of drug-likeness (QED) is 0.865. The number of nitrogens with one attached hydrogen (secondary N) is 1. The Morgan fingerprint density at radius 3 is 2.71 bits per heavy atom. The lowest BCUT2D eigenvalue weighted by Crippen LogP contribution is -2.40. The molecule has 0 aromatic carbocycles. The largest absolute Gasteiger partial charge is 0.314 e. The molecule has 2 nitrogen and oxygen atoms in total. The average Bonchev–Trinajstić information content (AvgIpc) is 2.80. The summed E-state index contributed by atoms with van der Waals surface area (Å²) in [6.45, 7) is 5.63. The number of hydrogen-bond donors (Lipinski definition) is 1. The van der Waals surface area contributed by atoms with Gasteiger partial charge < -0.3 is 5.32 Å². The average molecular weight is 252 g/mol. The SMILES string of the molecule is CC(C)NCC1(Cc2cscn2)CCCCC1. The van der Waals surface area contributed by atoms with Gasteiger partial charge in [-0.1, -0.05) is 33.1 Å². The molecule has 96 valence electrons. The molecule has 0 atom stereocenters. The molecule has 0 amide bonds. The molecule has 1 aliphatic carbocycles. The Labute approximate surface area is 109 Å². The number of aromatic nitrogens is 1. The van der Waals surface area contributed by atoms with Crippen LogP contribution in [0, 0.1) is 5.41 Å². The van der Waals surface area contributed by atoms with Crippen LogP contribution in [0.15, 0.2) is 10.9 Å². The maximum absolute atomic E-state index is 4.47. The summed E-state index contributed by atoms with van der Waals surface area (Å²) in [6.07, 6.45) is 8.10. The Hall–Kier alpha value is -0.410. The molecule has 1 N–H and O–H groups in total. The van der Waals surface area contributed by atoms with E-state index in [0.29, 0.717) is 11.5 Å². The third-order valence-corrected chi connectivity index (χ3v) is 4.47. The molecule has 17 heavy (non-hydrogen) atoms. The molecular formula is C14H24N2S. The van der Waals surface area contributed by atoms with E-state index in [-0.39, 0.29) is 0 Å². The molecule has 0 unspecified atom stereocenters. The highest BCUT2D eigenvalue weighted by molar-refractivity contribution is 7.07. The second-order valence-electron chi connectivity index (χ2n) is 5.75. The first kappa shape index (κ1) is 13.0. The highest BCUT2D eigenvalue weighted by Crippen LogP contribution is 2.38. The Kier molecular flexibility index (Phi) is 4.57. The Balaban J connectivity index is 2.00. The predicted molar refractivity (Wildman–Crippen MR) is 74.5 cm³/mol. The van der Waals surface area contributed by atoms with Crippen LogP contribution in [0.5, 0.6) is 0 Å². The zero-order valence-electron chi connectivity index (χ0n) is 11.0. The topological polar surface area (TPSA) is 24.9 Å². The summed E-state index contributed by atoms with van der Waals surface area (Å²) in [6, 6.07) is 0.587. The lowest BCUT2D eigenvalue weighted by atomic mass is 9.71. The summed E-state index contributed by atoms with van der Waals surface area (Å²) in [7, 11) is 0. The second-order valence-corrected chi connectivity index (χ2v) is 6.47. The molecule has 0 radical (unpaired) electrons. The fraction of sp³-hybridized carbons (Fsp3) is 0.786. The molecule has 1 aliphatic rings. The van der Waals surface area contributed by atoms with E-state index < -0.39 is 0 Å². The van der Waals surface area contributed by atoms with Gasteiger partial charge in [-0.25, -0.2) is 4.98 Å². The van der Waals surface area contributed by atoms with Crippen LogP contribution in [0.1, 0.15) is 51.6 Å². The molecular weight excluding hydrogens is 228 g/mol. The fourth-order valence-electron chi connectivity index (χ4n) is 2.85. The number of hydrogen-bond acceptors (Lipinski definition) is 3. The van der Waals surface area contributed by atoms with E-state index in [0.717, 1.165) is 13.0 Å². The van der Waals surface area contributed by atoms with E-state index in [1.807, 2.05) is 5.51 Å². The van der Waals surface area contributed by atoms with Crippen LogP contribution < -0.4 is 5.32 Å². The van der Waals surface area contributed by atoms with Crippen LogP contribution in [-0.4, -0.2) is 17.6 Å². The second kappa shape index (κ2) is 5.96. The van der Waals surface area contributed by atoms with Crippen molar-refractivity contribution in [3.8, 4) is 0 Å². The van der Waals surface area contributed by atoms with Gasteiger partial charge in [-0.2, -0.15) is 0 Å². The lowest BCUT2D eigenvalue weighted by Gasteiger charge is -2.38. The maximum Gasteiger partial charge on any atom is 0.0794 e. The minimum atomic E-state index is 0.469. The molecule has 1 aromatic heterocycles. The Morgan fingerprint density at radius 1 is 1.35 bits per heavy atom. The van der Waals surface area contributed by atoms with Crippen LogP contribution >= 0.6 is 11.3 Å². The fourth-order valence-corrected chi connectivity index (χ4v) is 3.41. The van der Waals surface area contributed by atoms with Crippen molar-refractivity contribution in [3.63, 3.8) is 0 Å². The molecule has 1 heterocycles. The first-order valence-electron chi connectivity index (χ1n) is 6.81. The van der Waals surface area contributed by atoms with Crippen molar-refractivity contribution in [1.29, 1.82) is 0 Å². The van der Waals surface area contributed by atoms with Crippen LogP contribution in [0.2, 0.25) is 0 Å². The van der Waals surface area contributed by atoms with Crippen molar-refractivity contribution in [2.75, 3.05) is 6.54 Å². The van der Waals surface area contributed by atoms with Crippen molar-refractivity contribution in [1.82, 2.24) is 10.3 Å². The van der Waals surface area contributed by atoms with Crippen LogP contribution in [0.4, 0.5) is 0 Å². The van der Waals surface area contributed by atoms with Gasteiger partial charge >= 0.3 is 0 Å². The smallest absolute Gasteiger partial charge is 0.0794 e. The van der Waals surface area contributed by atoms with Crippen molar-refractivity contribution in [2.45, 2.75) is 58.4 Å².